The van der Waals surface area contributed by atoms with Crippen LogP contribution in [0.25, 0.3) is 141 Å². The van der Waals surface area contributed by atoms with Gasteiger partial charge in [-0.3, -0.25) is 0 Å². The van der Waals surface area contributed by atoms with E-state index in [0.29, 0.717) is 0 Å². The fourth-order valence-electron chi connectivity index (χ4n) is 11.4. The molecule has 0 unspecified atom stereocenters. The van der Waals surface area contributed by atoms with Gasteiger partial charge in [0.05, 0.1) is 0 Å². The van der Waals surface area contributed by atoms with E-state index in [-0.39, 0.29) is 0 Å². The summed E-state index contributed by atoms with van der Waals surface area (Å²) >= 11 is 0. The van der Waals surface area contributed by atoms with Crippen molar-refractivity contribution in [3.63, 3.8) is 0 Å². The summed E-state index contributed by atoms with van der Waals surface area (Å²) in [5, 5.41) is 25.3. The van der Waals surface area contributed by atoms with Crippen LogP contribution in [0.2, 0.25) is 0 Å². The number of rotatable bonds is 3. The molecular weight excluding hydrogens is 769 g/mol. The molecule has 0 atom stereocenters. The molecule has 0 radical (unpaired) electrons. The third kappa shape index (κ3) is 5.05. The first kappa shape index (κ1) is 35.3. The summed E-state index contributed by atoms with van der Waals surface area (Å²) in [4.78, 5) is 0. The molecule has 0 saturated carbocycles. The van der Waals surface area contributed by atoms with Crippen LogP contribution in [0.5, 0.6) is 0 Å². The van der Waals surface area contributed by atoms with Crippen molar-refractivity contribution in [1.82, 2.24) is 0 Å². The van der Waals surface area contributed by atoms with Crippen molar-refractivity contribution in [3.8, 4) is 33.4 Å². The number of hydrogen-bond donors (Lipinski definition) is 0. The summed E-state index contributed by atoms with van der Waals surface area (Å²) in [6, 6.07) is 86.4. The molecule has 0 spiro atoms. The Labute approximate surface area is 369 Å². The van der Waals surface area contributed by atoms with Crippen LogP contribution in [-0.4, -0.2) is 0 Å². The Morgan fingerprint density at radius 3 is 0.766 bits per heavy atom. The predicted octanol–water partition coefficient (Wildman–Crippen LogP) is 18.2. The first-order valence-electron chi connectivity index (χ1n) is 22.3. The van der Waals surface area contributed by atoms with E-state index >= 15 is 0 Å². The van der Waals surface area contributed by atoms with Crippen molar-refractivity contribution in [2.75, 3.05) is 0 Å². The molecule has 0 aliphatic carbocycles. The van der Waals surface area contributed by atoms with E-state index in [1.165, 1.54) is 141 Å². The van der Waals surface area contributed by atoms with Gasteiger partial charge in [0.25, 0.3) is 0 Å². The van der Waals surface area contributed by atoms with E-state index in [2.05, 4.69) is 231 Å². The van der Waals surface area contributed by atoms with Crippen LogP contribution in [-0.2, 0) is 0 Å². The highest BCUT2D eigenvalue weighted by atomic mass is 14.3. The van der Waals surface area contributed by atoms with Gasteiger partial charge >= 0.3 is 0 Å². The number of benzene rings is 14. The average molecular weight is 807 g/mol. The second kappa shape index (κ2) is 13.6. The van der Waals surface area contributed by atoms with Crippen molar-refractivity contribution < 1.29 is 0 Å². The Morgan fingerprint density at radius 1 is 0.156 bits per heavy atom. The molecule has 0 aromatic heterocycles. The summed E-state index contributed by atoms with van der Waals surface area (Å²) in [7, 11) is 0. The maximum Gasteiger partial charge on any atom is -0.00139 e. The Morgan fingerprint density at radius 2 is 0.422 bits per heavy atom. The Bertz CT molecular complexity index is 3910. The standard InChI is InChI=1S/C64H38/c1-3-17-43-37-57-45(35-41(43)15-1)33-31-39-19-13-29-55(59(39)57)61-47-21-5-9-25-51(47)63(52-26-10-6-22-48(52)61)64-53-27-11-7-23-49(53)62(50-24-8-12-28-54(50)64)56-30-14-20-40-32-34-46-36-42-16-2-4-18-44(42)38-58(46)60(40)56/h1-38H. The van der Waals surface area contributed by atoms with Crippen LogP contribution in [0.1, 0.15) is 0 Å². The molecular formula is C64H38. The molecule has 14 aromatic carbocycles. The first-order valence-corrected chi connectivity index (χ1v) is 22.3. The minimum Gasteiger partial charge on any atom is -0.0616 e. The van der Waals surface area contributed by atoms with E-state index in [1.807, 2.05) is 0 Å². The largest absolute Gasteiger partial charge is 0.0616 e. The van der Waals surface area contributed by atoms with Crippen LogP contribution < -0.4 is 0 Å². The zero-order valence-electron chi connectivity index (χ0n) is 34.9. The van der Waals surface area contributed by atoms with Crippen molar-refractivity contribution in [2.45, 2.75) is 0 Å². The summed E-state index contributed by atoms with van der Waals surface area (Å²) in [6.07, 6.45) is 0. The minimum absolute atomic E-state index is 1.25. The van der Waals surface area contributed by atoms with Crippen molar-refractivity contribution in [1.29, 1.82) is 0 Å². The third-order valence-corrected chi connectivity index (χ3v) is 14.1. The lowest BCUT2D eigenvalue weighted by Gasteiger charge is -2.23. The lowest BCUT2D eigenvalue weighted by molar-refractivity contribution is 1.69. The van der Waals surface area contributed by atoms with Crippen molar-refractivity contribution >= 4 is 108 Å². The molecule has 0 aliphatic heterocycles. The smallest absolute Gasteiger partial charge is 0.00139 e. The van der Waals surface area contributed by atoms with Crippen LogP contribution in [0.15, 0.2) is 231 Å². The Balaban J connectivity index is 1.11. The lowest BCUT2D eigenvalue weighted by atomic mass is 9.80. The van der Waals surface area contributed by atoms with Crippen LogP contribution >= 0.6 is 0 Å². The maximum absolute atomic E-state index is 2.40. The van der Waals surface area contributed by atoms with Gasteiger partial charge < -0.3 is 0 Å². The van der Waals surface area contributed by atoms with E-state index in [4.69, 9.17) is 0 Å². The number of fused-ring (bicyclic) bond motifs is 12. The molecule has 0 amide bonds. The van der Waals surface area contributed by atoms with Gasteiger partial charge in [-0.25, -0.2) is 0 Å². The predicted molar refractivity (Wildman–Crippen MR) is 278 cm³/mol. The molecule has 0 saturated heterocycles. The van der Waals surface area contributed by atoms with E-state index in [1.54, 1.807) is 0 Å². The quantitative estimate of drug-likeness (QED) is 0.123. The van der Waals surface area contributed by atoms with Gasteiger partial charge in [0.1, 0.15) is 0 Å². The van der Waals surface area contributed by atoms with E-state index in [9.17, 15) is 0 Å². The third-order valence-electron chi connectivity index (χ3n) is 14.1. The van der Waals surface area contributed by atoms with Crippen molar-refractivity contribution in [3.05, 3.63) is 231 Å². The molecule has 0 aliphatic rings. The van der Waals surface area contributed by atoms with Gasteiger partial charge in [0.15, 0.2) is 0 Å². The molecule has 0 heteroatoms. The maximum atomic E-state index is 2.40. The lowest BCUT2D eigenvalue weighted by Crippen LogP contribution is -1.95. The summed E-state index contributed by atoms with van der Waals surface area (Å²) in [6.45, 7) is 0. The average Bonchev–Trinajstić information content (AvgIpc) is 3.35. The SMILES string of the molecule is c1ccc2cc3c(ccc4cccc(-c5c6ccccc6c(-c6c7ccccc7c(-c7cccc8ccc9cc%10ccccc%10cc9c78)c7ccccc67)c6ccccc56)c43)cc2c1. The summed E-state index contributed by atoms with van der Waals surface area (Å²) in [5.74, 6) is 0. The molecule has 0 N–H and O–H groups in total. The van der Waals surface area contributed by atoms with Crippen molar-refractivity contribution in [2.24, 2.45) is 0 Å². The Kier molecular flexibility index (Phi) is 7.49. The molecule has 0 fully saturated rings. The highest BCUT2D eigenvalue weighted by Crippen LogP contribution is 2.52. The second-order valence-electron chi connectivity index (χ2n) is 17.5. The minimum atomic E-state index is 1.25. The molecule has 14 aromatic rings. The van der Waals surface area contributed by atoms with Crippen LogP contribution in [0.4, 0.5) is 0 Å². The molecule has 294 valence electrons. The van der Waals surface area contributed by atoms with Gasteiger partial charge in [-0.2, -0.15) is 0 Å². The topological polar surface area (TPSA) is 0 Å². The highest BCUT2D eigenvalue weighted by Gasteiger charge is 2.24. The van der Waals surface area contributed by atoms with Crippen LogP contribution in [0, 0.1) is 0 Å². The fourth-order valence-corrected chi connectivity index (χ4v) is 11.4. The second-order valence-corrected chi connectivity index (χ2v) is 17.5. The van der Waals surface area contributed by atoms with Gasteiger partial charge in [0.2, 0.25) is 0 Å². The Hall–Kier alpha value is -8.32. The zero-order chi connectivity index (χ0) is 41.9. The summed E-state index contributed by atoms with van der Waals surface area (Å²) in [5.41, 5.74) is 7.64. The fraction of sp³-hybridized carbons (Fsp3) is 0. The van der Waals surface area contributed by atoms with Crippen LogP contribution in [0.3, 0.4) is 0 Å². The van der Waals surface area contributed by atoms with Gasteiger partial charge in [0, 0.05) is 0 Å². The monoisotopic (exact) mass is 806 g/mol. The van der Waals surface area contributed by atoms with Gasteiger partial charge in [-0.15, -0.1) is 0 Å². The zero-order valence-corrected chi connectivity index (χ0v) is 34.9. The summed E-state index contributed by atoms with van der Waals surface area (Å²) < 4.78 is 0. The molecule has 0 nitrogen and oxygen atoms in total. The molecule has 14 rings (SSSR count). The molecule has 0 heterocycles. The van der Waals surface area contributed by atoms with E-state index < -0.39 is 0 Å². The van der Waals surface area contributed by atoms with Gasteiger partial charge in [-0.05, 0) is 165 Å². The first-order chi connectivity index (χ1) is 31.8. The molecule has 0 bridgehead atoms. The van der Waals surface area contributed by atoms with Gasteiger partial charge in [-0.1, -0.05) is 206 Å². The van der Waals surface area contributed by atoms with E-state index in [0.717, 1.165) is 0 Å². The molecule has 64 heavy (non-hydrogen) atoms. The number of hydrogen-bond acceptors (Lipinski definition) is 0. The highest BCUT2D eigenvalue weighted by molar-refractivity contribution is 6.33. The normalized spacial score (nSPS) is 12.1.